The molecule has 2 atom stereocenters. The van der Waals surface area contributed by atoms with Crippen molar-refractivity contribution in [2.45, 2.75) is 12.0 Å². The molecule has 0 saturated heterocycles. The second-order valence-electron chi connectivity index (χ2n) is 4.50. The number of rotatable bonds is 4. The minimum Gasteiger partial charge on any atom is -0.388 e. The van der Waals surface area contributed by atoms with Crippen molar-refractivity contribution in [1.82, 2.24) is 0 Å². The highest BCUT2D eigenvalue weighted by atomic mass is 79.9. The van der Waals surface area contributed by atoms with E-state index in [2.05, 4.69) is 15.9 Å². The average molecular weight is 375 g/mol. The van der Waals surface area contributed by atoms with Crippen molar-refractivity contribution in [1.29, 1.82) is 0 Å². The monoisotopic (exact) mass is 373 g/mol. The van der Waals surface area contributed by atoms with Gasteiger partial charge in [0.2, 0.25) is 0 Å². The molecule has 0 fully saturated rings. The first kappa shape index (κ1) is 15.8. The van der Waals surface area contributed by atoms with Crippen LogP contribution in [0.25, 0.3) is 0 Å². The maximum absolute atomic E-state index is 10.6. The van der Waals surface area contributed by atoms with Crippen molar-refractivity contribution < 1.29 is 5.11 Å². The lowest BCUT2D eigenvalue weighted by Crippen LogP contribution is -2.20. The van der Waals surface area contributed by atoms with Gasteiger partial charge in [0.15, 0.2) is 0 Å². The summed E-state index contributed by atoms with van der Waals surface area (Å²) in [6, 6.07) is 12.8. The minimum absolute atomic E-state index is 0.221. The van der Waals surface area contributed by atoms with Crippen LogP contribution >= 0.6 is 39.1 Å². The Morgan fingerprint density at radius 2 is 1.75 bits per heavy atom. The largest absolute Gasteiger partial charge is 0.388 e. The summed E-state index contributed by atoms with van der Waals surface area (Å²) in [5.41, 5.74) is 7.42. The van der Waals surface area contributed by atoms with E-state index in [0.29, 0.717) is 22.2 Å². The zero-order chi connectivity index (χ0) is 14.7. The molecule has 5 heteroatoms. The molecule has 0 saturated carbocycles. The molecule has 2 rings (SSSR count). The van der Waals surface area contributed by atoms with Crippen LogP contribution in [0.15, 0.2) is 46.9 Å². The molecular formula is C15H14BrCl2NO. The van der Waals surface area contributed by atoms with Gasteiger partial charge in [0, 0.05) is 27.0 Å². The Morgan fingerprint density at radius 1 is 1.10 bits per heavy atom. The van der Waals surface area contributed by atoms with Gasteiger partial charge in [0.25, 0.3) is 0 Å². The van der Waals surface area contributed by atoms with Crippen molar-refractivity contribution >= 4 is 39.1 Å². The normalized spacial score (nSPS) is 14.1. The van der Waals surface area contributed by atoms with Crippen LogP contribution in [0.1, 0.15) is 23.1 Å². The summed E-state index contributed by atoms with van der Waals surface area (Å²) < 4.78 is 0.982. The van der Waals surface area contributed by atoms with E-state index in [9.17, 15) is 5.11 Å². The highest BCUT2D eigenvalue weighted by Crippen LogP contribution is 2.35. The van der Waals surface area contributed by atoms with Crippen LogP contribution in [0.5, 0.6) is 0 Å². The highest BCUT2D eigenvalue weighted by molar-refractivity contribution is 9.10. The molecule has 0 radical (unpaired) electrons. The molecule has 3 N–H and O–H groups in total. The van der Waals surface area contributed by atoms with Crippen LogP contribution in [0.2, 0.25) is 10.0 Å². The van der Waals surface area contributed by atoms with Gasteiger partial charge in [-0.3, -0.25) is 0 Å². The molecule has 106 valence electrons. The second kappa shape index (κ2) is 6.92. The summed E-state index contributed by atoms with van der Waals surface area (Å²) in [6.07, 6.45) is -0.772. The Morgan fingerprint density at radius 3 is 2.30 bits per heavy atom. The molecule has 2 aromatic carbocycles. The van der Waals surface area contributed by atoms with Gasteiger partial charge in [-0.1, -0.05) is 57.3 Å². The van der Waals surface area contributed by atoms with Crippen molar-refractivity contribution in [3.63, 3.8) is 0 Å². The van der Waals surface area contributed by atoms with E-state index in [4.69, 9.17) is 28.9 Å². The van der Waals surface area contributed by atoms with Gasteiger partial charge >= 0.3 is 0 Å². The fraction of sp³-hybridized carbons (Fsp3) is 0.200. The van der Waals surface area contributed by atoms with Crippen LogP contribution < -0.4 is 5.73 Å². The van der Waals surface area contributed by atoms with E-state index in [1.165, 1.54) is 0 Å². The lowest BCUT2D eigenvalue weighted by atomic mass is 9.89. The Balaban J connectivity index is 2.33. The third-order valence-electron chi connectivity index (χ3n) is 3.21. The van der Waals surface area contributed by atoms with E-state index in [1.807, 2.05) is 24.3 Å². The van der Waals surface area contributed by atoms with Gasteiger partial charge in [-0.25, -0.2) is 0 Å². The van der Waals surface area contributed by atoms with Crippen LogP contribution in [0.4, 0.5) is 0 Å². The molecule has 0 heterocycles. The molecule has 0 aliphatic rings. The lowest BCUT2D eigenvalue weighted by molar-refractivity contribution is 0.147. The van der Waals surface area contributed by atoms with Crippen molar-refractivity contribution in [2.75, 3.05) is 6.54 Å². The Bertz CT molecular complexity index is 589. The Labute approximate surface area is 136 Å². The smallest absolute Gasteiger partial charge is 0.0885 e. The zero-order valence-corrected chi connectivity index (χ0v) is 13.7. The molecule has 2 unspecified atom stereocenters. The maximum atomic E-state index is 10.6. The molecule has 0 bridgehead atoms. The molecule has 0 aliphatic carbocycles. The van der Waals surface area contributed by atoms with Crippen molar-refractivity contribution in [3.8, 4) is 0 Å². The molecule has 20 heavy (non-hydrogen) atoms. The van der Waals surface area contributed by atoms with Crippen molar-refractivity contribution in [3.05, 3.63) is 68.1 Å². The first-order valence-electron chi connectivity index (χ1n) is 6.11. The quantitative estimate of drug-likeness (QED) is 0.825. The Hall–Kier alpha value is -0.580. The second-order valence-corrected chi connectivity index (χ2v) is 6.26. The summed E-state index contributed by atoms with van der Waals surface area (Å²) in [5, 5.41) is 11.5. The summed E-state index contributed by atoms with van der Waals surface area (Å²) in [7, 11) is 0. The maximum Gasteiger partial charge on any atom is 0.0885 e. The van der Waals surface area contributed by atoms with E-state index in [-0.39, 0.29) is 5.92 Å². The first-order valence-corrected chi connectivity index (χ1v) is 7.66. The number of hydrogen-bond acceptors (Lipinski definition) is 2. The van der Waals surface area contributed by atoms with Gasteiger partial charge in [-0.15, -0.1) is 0 Å². The minimum atomic E-state index is -0.772. The summed E-state index contributed by atoms with van der Waals surface area (Å²) in [6.45, 7) is 0.321. The third-order valence-corrected chi connectivity index (χ3v) is 4.31. The van der Waals surface area contributed by atoms with Gasteiger partial charge in [0.1, 0.15) is 0 Å². The van der Waals surface area contributed by atoms with Gasteiger partial charge in [-0.05, 0) is 35.4 Å². The van der Waals surface area contributed by atoms with E-state index >= 15 is 0 Å². The topological polar surface area (TPSA) is 46.2 Å². The molecule has 2 nitrogen and oxygen atoms in total. The molecule has 0 spiro atoms. The van der Waals surface area contributed by atoms with E-state index in [0.717, 1.165) is 10.0 Å². The molecule has 0 aromatic heterocycles. The van der Waals surface area contributed by atoms with E-state index < -0.39 is 6.10 Å². The van der Waals surface area contributed by atoms with Gasteiger partial charge < -0.3 is 10.8 Å². The van der Waals surface area contributed by atoms with Crippen LogP contribution in [0, 0.1) is 0 Å². The fourth-order valence-corrected chi connectivity index (χ4v) is 2.90. The molecule has 0 aliphatic heterocycles. The standard InChI is InChI=1S/C15H14BrCl2NO/c16-10-3-1-9(2-4-10)13(8-19)15(20)12-6-5-11(17)7-14(12)18/h1-7,13,15,20H,8,19H2. The summed E-state index contributed by atoms with van der Waals surface area (Å²) in [5.74, 6) is -0.221. The first-order chi connectivity index (χ1) is 9.52. The number of aliphatic hydroxyl groups excluding tert-OH is 1. The van der Waals surface area contributed by atoms with Crippen LogP contribution in [0.3, 0.4) is 0 Å². The molecule has 0 amide bonds. The fourth-order valence-electron chi connectivity index (χ4n) is 2.12. The summed E-state index contributed by atoms with van der Waals surface area (Å²) in [4.78, 5) is 0. The molecular weight excluding hydrogens is 361 g/mol. The molecule has 2 aromatic rings. The highest BCUT2D eigenvalue weighted by Gasteiger charge is 2.23. The third kappa shape index (κ3) is 3.54. The van der Waals surface area contributed by atoms with Gasteiger partial charge in [-0.2, -0.15) is 0 Å². The van der Waals surface area contributed by atoms with Gasteiger partial charge in [0.05, 0.1) is 6.10 Å². The van der Waals surface area contributed by atoms with E-state index in [1.54, 1.807) is 18.2 Å². The lowest BCUT2D eigenvalue weighted by Gasteiger charge is -2.23. The predicted octanol–water partition coefficient (Wildman–Crippen LogP) is 4.53. The number of halogens is 3. The predicted molar refractivity (Wildman–Crippen MR) is 87.4 cm³/mol. The van der Waals surface area contributed by atoms with Crippen LogP contribution in [-0.4, -0.2) is 11.7 Å². The SMILES string of the molecule is NCC(c1ccc(Br)cc1)C(O)c1ccc(Cl)cc1Cl. The Kier molecular flexibility index (Phi) is 5.47. The number of benzene rings is 2. The van der Waals surface area contributed by atoms with Crippen LogP contribution in [-0.2, 0) is 0 Å². The number of hydrogen-bond donors (Lipinski definition) is 2. The summed E-state index contributed by atoms with van der Waals surface area (Å²) >= 11 is 15.4. The number of nitrogens with two attached hydrogens (primary N) is 1. The zero-order valence-electron chi connectivity index (χ0n) is 10.6. The number of aliphatic hydroxyl groups is 1. The van der Waals surface area contributed by atoms with Crippen molar-refractivity contribution in [2.24, 2.45) is 5.73 Å². The average Bonchev–Trinajstić information content (AvgIpc) is 2.41.